The highest BCUT2D eigenvalue weighted by Crippen LogP contribution is 2.23. The zero-order valence-corrected chi connectivity index (χ0v) is 12.1. The van der Waals surface area contributed by atoms with Crippen LogP contribution in [0.15, 0.2) is 18.2 Å². The molecule has 0 aromatic heterocycles. The predicted octanol–water partition coefficient (Wildman–Crippen LogP) is 1.19. The highest BCUT2D eigenvalue weighted by atomic mass is 35.5. The number of rotatable bonds is 5. The molecule has 0 unspecified atom stereocenters. The number of aliphatic hydroxyl groups is 1. The minimum atomic E-state index is -0.281. The molecule has 0 saturated carbocycles. The SMILES string of the molecule is NC(=O)CN1CCC(Nc2ccc(Cl)cc2CO)CC1. The molecule has 1 aliphatic heterocycles. The molecule has 1 aliphatic rings. The highest BCUT2D eigenvalue weighted by molar-refractivity contribution is 6.30. The molecule has 1 amide bonds. The van der Waals surface area contributed by atoms with Crippen molar-refractivity contribution in [1.82, 2.24) is 4.90 Å². The van der Waals surface area contributed by atoms with Crippen LogP contribution in [0.3, 0.4) is 0 Å². The van der Waals surface area contributed by atoms with Gasteiger partial charge in [-0.3, -0.25) is 9.69 Å². The van der Waals surface area contributed by atoms with Gasteiger partial charge in [-0.25, -0.2) is 0 Å². The first-order chi connectivity index (χ1) is 9.58. The Kier molecular flexibility index (Phi) is 5.23. The Hall–Kier alpha value is -1.30. The molecule has 0 atom stereocenters. The number of nitrogens with zero attached hydrogens (tertiary/aromatic N) is 1. The molecule has 1 saturated heterocycles. The minimum absolute atomic E-state index is 0.0383. The zero-order chi connectivity index (χ0) is 14.5. The van der Waals surface area contributed by atoms with Gasteiger partial charge in [0.15, 0.2) is 0 Å². The highest BCUT2D eigenvalue weighted by Gasteiger charge is 2.20. The number of primary amides is 1. The molecular weight excluding hydrogens is 278 g/mol. The van der Waals surface area contributed by atoms with Gasteiger partial charge in [0.05, 0.1) is 13.2 Å². The van der Waals surface area contributed by atoms with Crippen LogP contribution >= 0.6 is 11.6 Å². The van der Waals surface area contributed by atoms with E-state index in [1.807, 2.05) is 12.1 Å². The van der Waals surface area contributed by atoms with E-state index in [0.717, 1.165) is 37.2 Å². The van der Waals surface area contributed by atoms with Gasteiger partial charge in [-0.05, 0) is 31.0 Å². The summed E-state index contributed by atoms with van der Waals surface area (Å²) in [5, 5.41) is 13.4. The Labute approximate surface area is 123 Å². The van der Waals surface area contributed by atoms with Crippen molar-refractivity contribution in [3.05, 3.63) is 28.8 Å². The van der Waals surface area contributed by atoms with Crippen LogP contribution in [0.4, 0.5) is 5.69 Å². The van der Waals surface area contributed by atoms with E-state index in [1.54, 1.807) is 6.07 Å². The molecule has 1 fully saturated rings. The Morgan fingerprint density at radius 3 is 2.75 bits per heavy atom. The zero-order valence-electron chi connectivity index (χ0n) is 11.3. The molecule has 0 spiro atoms. The lowest BCUT2D eigenvalue weighted by atomic mass is 10.0. The van der Waals surface area contributed by atoms with E-state index in [4.69, 9.17) is 17.3 Å². The van der Waals surface area contributed by atoms with Crippen LogP contribution in [0.25, 0.3) is 0 Å². The van der Waals surface area contributed by atoms with E-state index in [1.165, 1.54) is 0 Å². The second kappa shape index (κ2) is 6.92. The van der Waals surface area contributed by atoms with Gasteiger partial charge >= 0.3 is 0 Å². The molecule has 110 valence electrons. The summed E-state index contributed by atoms with van der Waals surface area (Å²) in [6.07, 6.45) is 1.89. The van der Waals surface area contributed by atoms with E-state index < -0.39 is 0 Å². The molecule has 0 radical (unpaired) electrons. The summed E-state index contributed by atoms with van der Waals surface area (Å²) in [6.45, 7) is 1.99. The standard InChI is InChI=1S/C14H20ClN3O2/c15-11-1-2-13(10(7-11)9-19)17-12-3-5-18(6-4-12)8-14(16)20/h1-2,7,12,17,19H,3-6,8-9H2,(H2,16,20). The van der Waals surface area contributed by atoms with Crippen molar-refractivity contribution in [2.45, 2.75) is 25.5 Å². The van der Waals surface area contributed by atoms with Gasteiger partial charge in [-0.2, -0.15) is 0 Å². The fraction of sp³-hybridized carbons (Fsp3) is 0.500. The second-order valence-corrected chi connectivity index (χ2v) is 5.56. The molecule has 5 nitrogen and oxygen atoms in total. The number of amides is 1. The predicted molar refractivity (Wildman–Crippen MR) is 79.7 cm³/mol. The molecule has 1 aromatic carbocycles. The monoisotopic (exact) mass is 297 g/mol. The third kappa shape index (κ3) is 4.10. The lowest BCUT2D eigenvalue weighted by Crippen LogP contribution is -2.43. The molecule has 4 N–H and O–H groups in total. The maximum absolute atomic E-state index is 10.9. The molecule has 0 bridgehead atoms. The van der Waals surface area contributed by atoms with Gasteiger partial charge in [0.25, 0.3) is 0 Å². The average Bonchev–Trinajstić information content (AvgIpc) is 2.42. The number of piperidine rings is 1. The molecule has 6 heteroatoms. The van der Waals surface area contributed by atoms with Gasteiger partial charge < -0.3 is 16.2 Å². The Bertz CT molecular complexity index is 473. The average molecular weight is 298 g/mol. The second-order valence-electron chi connectivity index (χ2n) is 5.12. The summed E-state index contributed by atoms with van der Waals surface area (Å²) in [5.74, 6) is -0.281. The van der Waals surface area contributed by atoms with Gasteiger partial charge in [0, 0.05) is 35.4 Å². The topological polar surface area (TPSA) is 78.6 Å². The fourth-order valence-corrected chi connectivity index (χ4v) is 2.70. The van der Waals surface area contributed by atoms with Gasteiger partial charge in [0.1, 0.15) is 0 Å². The largest absolute Gasteiger partial charge is 0.392 e. The molecule has 1 aromatic rings. The third-order valence-electron chi connectivity index (χ3n) is 3.56. The normalized spacial score (nSPS) is 17.1. The number of halogens is 1. The lowest BCUT2D eigenvalue weighted by Gasteiger charge is -2.32. The molecule has 20 heavy (non-hydrogen) atoms. The first-order valence-electron chi connectivity index (χ1n) is 6.75. The Morgan fingerprint density at radius 1 is 1.45 bits per heavy atom. The van der Waals surface area contributed by atoms with E-state index in [2.05, 4.69) is 10.2 Å². The summed E-state index contributed by atoms with van der Waals surface area (Å²) in [6, 6.07) is 5.81. The van der Waals surface area contributed by atoms with Crippen LogP contribution in [-0.2, 0) is 11.4 Å². The first kappa shape index (κ1) is 15.1. The van der Waals surface area contributed by atoms with Crippen molar-refractivity contribution in [2.75, 3.05) is 25.0 Å². The van der Waals surface area contributed by atoms with Crippen molar-refractivity contribution < 1.29 is 9.90 Å². The number of aliphatic hydroxyl groups excluding tert-OH is 1. The maximum Gasteiger partial charge on any atom is 0.231 e. The molecular formula is C14H20ClN3O2. The quantitative estimate of drug-likeness (QED) is 0.763. The number of hydrogen-bond donors (Lipinski definition) is 3. The maximum atomic E-state index is 10.9. The number of nitrogens with one attached hydrogen (secondary N) is 1. The van der Waals surface area contributed by atoms with Crippen LogP contribution in [0.5, 0.6) is 0 Å². The van der Waals surface area contributed by atoms with Crippen molar-refractivity contribution in [3.63, 3.8) is 0 Å². The Morgan fingerprint density at radius 2 is 2.15 bits per heavy atom. The van der Waals surface area contributed by atoms with Crippen molar-refractivity contribution >= 4 is 23.2 Å². The van der Waals surface area contributed by atoms with Gasteiger partial charge in [0.2, 0.25) is 5.91 Å². The van der Waals surface area contributed by atoms with Crippen molar-refractivity contribution in [2.24, 2.45) is 5.73 Å². The van der Waals surface area contributed by atoms with E-state index in [0.29, 0.717) is 17.6 Å². The number of carbonyl (C=O) groups is 1. The summed E-state index contributed by atoms with van der Waals surface area (Å²) >= 11 is 5.92. The van der Waals surface area contributed by atoms with E-state index >= 15 is 0 Å². The Balaban J connectivity index is 1.91. The van der Waals surface area contributed by atoms with E-state index in [-0.39, 0.29) is 12.5 Å². The smallest absolute Gasteiger partial charge is 0.231 e. The molecule has 0 aliphatic carbocycles. The summed E-state index contributed by atoms with van der Waals surface area (Å²) in [4.78, 5) is 12.9. The first-order valence-corrected chi connectivity index (χ1v) is 7.12. The number of anilines is 1. The summed E-state index contributed by atoms with van der Waals surface area (Å²) < 4.78 is 0. The number of nitrogens with two attached hydrogens (primary N) is 1. The number of carbonyl (C=O) groups excluding carboxylic acids is 1. The number of benzene rings is 1. The number of likely N-dealkylation sites (tertiary alicyclic amines) is 1. The van der Waals surface area contributed by atoms with Crippen LogP contribution < -0.4 is 11.1 Å². The fourth-order valence-electron chi connectivity index (χ4n) is 2.51. The molecule has 1 heterocycles. The van der Waals surface area contributed by atoms with Crippen LogP contribution in [0.1, 0.15) is 18.4 Å². The van der Waals surface area contributed by atoms with Crippen LogP contribution in [0.2, 0.25) is 5.02 Å². The van der Waals surface area contributed by atoms with Crippen LogP contribution in [0, 0.1) is 0 Å². The van der Waals surface area contributed by atoms with E-state index in [9.17, 15) is 9.90 Å². The van der Waals surface area contributed by atoms with Crippen molar-refractivity contribution in [1.29, 1.82) is 0 Å². The van der Waals surface area contributed by atoms with Gasteiger partial charge in [-0.1, -0.05) is 11.6 Å². The lowest BCUT2D eigenvalue weighted by molar-refractivity contribution is -0.119. The third-order valence-corrected chi connectivity index (χ3v) is 3.80. The molecule has 2 rings (SSSR count). The minimum Gasteiger partial charge on any atom is -0.392 e. The summed E-state index contributed by atoms with van der Waals surface area (Å²) in [5.41, 5.74) is 6.92. The van der Waals surface area contributed by atoms with Gasteiger partial charge in [-0.15, -0.1) is 0 Å². The number of hydrogen-bond acceptors (Lipinski definition) is 4. The van der Waals surface area contributed by atoms with Crippen molar-refractivity contribution in [3.8, 4) is 0 Å². The van der Waals surface area contributed by atoms with Crippen LogP contribution in [-0.4, -0.2) is 41.6 Å². The summed E-state index contributed by atoms with van der Waals surface area (Å²) in [7, 11) is 0.